The zero-order valence-corrected chi connectivity index (χ0v) is 14.6. The van der Waals surface area contributed by atoms with E-state index in [0.29, 0.717) is 0 Å². The molecule has 24 heavy (non-hydrogen) atoms. The minimum atomic E-state index is -0.152. The molecule has 3 nitrogen and oxygen atoms in total. The number of amides is 1. The predicted molar refractivity (Wildman–Crippen MR) is 102 cm³/mol. The van der Waals surface area contributed by atoms with Gasteiger partial charge in [0.05, 0.1) is 5.51 Å². The van der Waals surface area contributed by atoms with Gasteiger partial charge in [0.2, 0.25) is 5.91 Å². The molecule has 1 aliphatic heterocycles. The minimum Gasteiger partial charge on any atom is -0.315 e. The van der Waals surface area contributed by atoms with Crippen LogP contribution in [0.1, 0.15) is 16.4 Å². The van der Waals surface area contributed by atoms with Crippen molar-refractivity contribution in [1.29, 1.82) is 0 Å². The van der Waals surface area contributed by atoms with E-state index in [1.54, 1.807) is 17.3 Å². The van der Waals surface area contributed by atoms with Crippen molar-refractivity contribution in [2.24, 2.45) is 0 Å². The van der Waals surface area contributed by atoms with E-state index in [-0.39, 0.29) is 11.2 Å². The maximum absolute atomic E-state index is 12.9. The number of aromatic nitrogens is 1. The summed E-state index contributed by atoms with van der Waals surface area (Å²) in [4.78, 5) is 17.3. The van der Waals surface area contributed by atoms with Crippen LogP contribution in [0.5, 0.6) is 0 Å². The molecule has 0 radical (unpaired) electrons. The van der Waals surface area contributed by atoms with E-state index < -0.39 is 0 Å². The fourth-order valence-electron chi connectivity index (χ4n) is 2.93. The van der Waals surface area contributed by atoms with Crippen LogP contribution < -0.4 is 5.32 Å². The first kappa shape index (κ1) is 15.4. The van der Waals surface area contributed by atoms with Crippen molar-refractivity contribution in [3.63, 3.8) is 0 Å². The molecule has 120 valence electrons. The van der Waals surface area contributed by atoms with Crippen molar-refractivity contribution in [3.8, 4) is 11.3 Å². The number of nitrogens with one attached hydrogen (secondary N) is 1. The number of thiazole rings is 1. The molecule has 1 aliphatic rings. The number of fused-ring (bicyclic) bond motifs is 1. The lowest BCUT2D eigenvalue weighted by molar-refractivity contribution is -0.115. The molecule has 0 fully saturated rings. The molecule has 5 heteroatoms. The van der Waals surface area contributed by atoms with Gasteiger partial charge in [-0.1, -0.05) is 54.6 Å². The van der Waals surface area contributed by atoms with Gasteiger partial charge in [-0.2, -0.15) is 0 Å². The van der Waals surface area contributed by atoms with Crippen molar-refractivity contribution in [2.75, 3.05) is 11.1 Å². The first-order valence-electron chi connectivity index (χ1n) is 7.82. The number of hydrogen-bond donors (Lipinski definition) is 1. The first-order valence-corrected chi connectivity index (χ1v) is 9.75. The Labute approximate surface area is 149 Å². The number of thioether (sulfide) groups is 1. The quantitative estimate of drug-likeness (QED) is 0.738. The number of benzene rings is 2. The van der Waals surface area contributed by atoms with Crippen LogP contribution in [0.4, 0.5) is 5.00 Å². The molecule has 2 aromatic carbocycles. The van der Waals surface area contributed by atoms with Gasteiger partial charge in [-0.25, -0.2) is 4.98 Å². The third-order valence-electron chi connectivity index (χ3n) is 4.08. The van der Waals surface area contributed by atoms with Crippen molar-refractivity contribution in [2.45, 2.75) is 11.7 Å². The summed E-state index contributed by atoms with van der Waals surface area (Å²) >= 11 is 3.18. The third kappa shape index (κ3) is 2.97. The molecule has 0 aliphatic carbocycles. The van der Waals surface area contributed by atoms with E-state index >= 15 is 0 Å². The fraction of sp³-hybridized carbons (Fsp3) is 0.158. The molecule has 1 atom stereocenters. The predicted octanol–water partition coefficient (Wildman–Crippen LogP) is 4.78. The summed E-state index contributed by atoms with van der Waals surface area (Å²) in [6.45, 7) is 0. The number of nitrogens with zero attached hydrogens (tertiary/aromatic N) is 1. The summed E-state index contributed by atoms with van der Waals surface area (Å²) < 4.78 is 0. The average Bonchev–Trinajstić information content (AvgIpc) is 3.10. The zero-order chi connectivity index (χ0) is 16.4. The largest absolute Gasteiger partial charge is 0.315 e. The first-order chi connectivity index (χ1) is 11.8. The highest BCUT2D eigenvalue weighted by Crippen LogP contribution is 2.38. The second-order valence-corrected chi connectivity index (χ2v) is 7.65. The maximum Gasteiger partial charge on any atom is 0.242 e. The molecule has 2 heterocycles. The second-order valence-electron chi connectivity index (χ2n) is 5.59. The molecule has 0 spiro atoms. The maximum atomic E-state index is 12.9. The number of carbonyl (C=O) groups is 1. The molecule has 0 saturated carbocycles. The molecule has 1 aromatic heterocycles. The van der Waals surface area contributed by atoms with Crippen LogP contribution in [0.25, 0.3) is 11.3 Å². The van der Waals surface area contributed by atoms with E-state index in [1.165, 1.54) is 16.9 Å². The minimum absolute atomic E-state index is 0.0357. The number of carbonyl (C=O) groups excluding carboxylic acids is 1. The van der Waals surface area contributed by atoms with Crippen LogP contribution in [0.3, 0.4) is 0 Å². The molecule has 4 rings (SSSR count). The smallest absolute Gasteiger partial charge is 0.242 e. The molecule has 0 unspecified atom stereocenters. The number of hydrogen-bond acceptors (Lipinski definition) is 4. The Kier molecular flexibility index (Phi) is 4.36. The van der Waals surface area contributed by atoms with Gasteiger partial charge in [0.25, 0.3) is 0 Å². The summed E-state index contributed by atoms with van der Waals surface area (Å²) in [5, 5.41) is 3.76. The fourth-order valence-corrected chi connectivity index (χ4v) is 4.82. The van der Waals surface area contributed by atoms with Crippen LogP contribution in [-0.4, -0.2) is 16.6 Å². The summed E-state index contributed by atoms with van der Waals surface area (Å²) in [6.07, 6.45) is 1.03. The molecular weight excluding hydrogens is 336 g/mol. The summed E-state index contributed by atoms with van der Waals surface area (Å²) in [5.41, 5.74) is 6.05. The van der Waals surface area contributed by atoms with Crippen molar-refractivity contribution < 1.29 is 4.79 Å². The Bertz CT molecular complexity index is 861. The van der Waals surface area contributed by atoms with Gasteiger partial charge in [0, 0.05) is 5.56 Å². The highest BCUT2D eigenvalue weighted by molar-refractivity contribution is 8.00. The Hall–Kier alpha value is -2.11. The molecule has 0 saturated heterocycles. The van der Waals surface area contributed by atoms with Gasteiger partial charge < -0.3 is 5.32 Å². The van der Waals surface area contributed by atoms with Gasteiger partial charge in [-0.05, 0) is 23.3 Å². The number of rotatable bonds is 3. The zero-order valence-electron chi connectivity index (χ0n) is 12.9. The van der Waals surface area contributed by atoms with Gasteiger partial charge in [-0.3, -0.25) is 4.79 Å². The third-order valence-corrected chi connectivity index (χ3v) is 6.07. The van der Waals surface area contributed by atoms with E-state index in [0.717, 1.165) is 34.0 Å². The van der Waals surface area contributed by atoms with Crippen LogP contribution in [-0.2, 0) is 11.2 Å². The van der Waals surface area contributed by atoms with E-state index in [4.69, 9.17) is 0 Å². The monoisotopic (exact) mass is 352 g/mol. The number of aryl methyl sites for hydroxylation is 1. The van der Waals surface area contributed by atoms with E-state index in [9.17, 15) is 4.79 Å². The summed E-state index contributed by atoms with van der Waals surface area (Å²) in [5.74, 6) is 1.01. The number of anilines is 1. The van der Waals surface area contributed by atoms with Gasteiger partial charge in [0.1, 0.15) is 15.9 Å². The Morgan fingerprint density at radius 2 is 1.88 bits per heavy atom. The molecule has 1 N–H and O–H groups in total. The van der Waals surface area contributed by atoms with Crippen LogP contribution in [0, 0.1) is 0 Å². The molecule has 3 aromatic rings. The van der Waals surface area contributed by atoms with Crippen LogP contribution in [0.15, 0.2) is 60.1 Å². The van der Waals surface area contributed by atoms with Crippen molar-refractivity contribution >= 4 is 34.0 Å². The SMILES string of the molecule is O=C(Nc1scnc1-c1ccccc1)[C@H]1SCCc2ccccc21. The van der Waals surface area contributed by atoms with E-state index in [2.05, 4.69) is 22.4 Å². The summed E-state index contributed by atoms with van der Waals surface area (Å²) in [7, 11) is 0. The second kappa shape index (κ2) is 6.79. The molecule has 1 amide bonds. The Morgan fingerprint density at radius 3 is 2.75 bits per heavy atom. The lowest BCUT2D eigenvalue weighted by Gasteiger charge is -2.24. The van der Waals surface area contributed by atoms with Crippen molar-refractivity contribution in [3.05, 3.63) is 71.2 Å². The van der Waals surface area contributed by atoms with Crippen LogP contribution >= 0.6 is 23.1 Å². The van der Waals surface area contributed by atoms with Crippen LogP contribution in [0.2, 0.25) is 0 Å². The topological polar surface area (TPSA) is 42.0 Å². The summed E-state index contributed by atoms with van der Waals surface area (Å²) in [6, 6.07) is 18.2. The Morgan fingerprint density at radius 1 is 1.08 bits per heavy atom. The highest BCUT2D eigenvalue weighted by atomic mass is 32.2. The van der Waals surface area contributed by atoms with Gasteiger partial charge in [-0.15, -0.1) is 23.1 Å². The van der Waals surface area contributed by atoms with Gasteiger partial charge in [0.15, 0.2) is 0 Å². The standard InChI is InChI=1S/C19H16N2OS2/c22-18(17-15-9-5-4-6-13(15)10-11-23-17)21-19-16(20-12-24-19)14-7-2-1-3-8-14/h1-9,12,17H,10-11H2,(H,21,22)/t17-/m0/s1. The molecule has 0 bridgehead atoms. The van der Waals surface area contributed by atoms with E-state index in [1.807, 2.05) is 42.5 Å². The molecular formula is C19H16N2OS2. The normalized spacial score (nSPS) is 16.4. The Balaban J connectivity index is 1.60. The average molecular weight is 352 g/mol. The highest BCUT2D eigenvalue weighted by Gasteiger charge is 2.27. The van der Waals surface area contributed by atoms with Crippen molar-refractivity contribution in [1.82, 2.24) is 4.98 Å². The lowest BCUT2D eigenvalue weighted by Crippen LogP contribution is -2.22. The lowest BCUT2D eigenvalue weighted by atomic mass is 10.0. The van der Waals surface area contributed by atoms with Gasteiger partial charge >= 0.3 is 0 Å².